The van der Waals surface area contributed by atoms with Gasteiger partial charge in [0.15, 0.2) is 0 Å². The van der Waals surface area contributed by atoms with E-state index in [9.17, 15) is 19.1 Å². The van der Waals surface area contributed by atoms with Crippen molar-refractivity contribution >= 4 is 17.9 Å². The number of amides is 2. The molecule has 0 bridgehead atoms. The summed E-state index contributed by atoms with van der Waals surface area (Å²) in [6.07, 6.45) is 4.83. The summed E-state index contributed by atoms with van der Waals surface area (Å²) < 4.78 is 19.8. The molecule has 33 heavy (non-hydrogen) atoms. The number of halogens is 1. The van der Waals surface area contributed by atoms with Crippen LogP contribution in [0, 0.1) is 11.7 Å². The van der Waals surface area contributed by atoms with Gasteiger partial charge in [0.2, 0.25) is 5.88 Å². The summed E-state index contributed by atoms with van der Waals surface area (Å²) in [5, 5.41) is 9.74. The first-order chi connectivity index (χ1) is 15.7. The Hall–Kier alpha value is -3.26. The molecule has 3 rings (SSSR count). The van der Waals surface area contributed by atoms with E-state index < -0.39 is 18.0 Å². The lowest BCUT2D eigenvalue weighted by atomic mass is 9.99. The van der Waals surface area contributed by atoms with Crippen molar-refractivity contribution in [3.63, 3.8) is 0 Å². The Kier molecular flexibility index (Phi) is 7.81. The van der Waals surface area contributed by atoms with Crippen LogP contribution in [0.25, 0.3) is 6.08 Å². The second kappa shape index (κ2) is 10.6. The number of likely N-dealkylation sites (N-methyl/N-ethyl adjacent to an activating group) is 1. The molecule has 0 saturated carbocycles. The number of nitrogens with zero attached hydrogens (tertiary/aromatic N) is 3. The van der Waals surface area contributed by atoms with Gasteiger partial charge >= 0.3 is 0 Å². The molecular formula is C25H30FN3O4. The van der Waals surface area contributed by atoms with Crippen molar-refractivity contribution in [2.45, 2.75) is 32.9 Å². The van der Waals surface area contributed by atoms with Gasteiger partial charge in [-0.15, -0.1) is 0 Å². The van der Waals surface area contributed by atoms with Crippen LogP contribution in [-0.4, -0.2) is 70.6 Å². The van der Waals surface area contributed by atoms with Gasteiger partial charge in [0.1, 0.15) is 17.5 Å². The zero-order chi connectivity index (χ0) is 24.1. The summed E-state index contributed by atoms with van der Waals surface area (Å²) in [6, 6.07) is 6.86. The minimum absolute atomic E-state index is 0.170. The highest BCUT2D eigenvalue weighted by Gasteiger charge is 2.34. The van der Waals surface area contributed by atoms with E-state index in [4.69, 9.17) is 4.74 Å². The number of ether oxygens (including phenoxy) is 1. The number of aliphatic hydroxyl groups excluding tert-OH is 1. The molecule has 7 nitrogen and oxygen atoms in total. The van der Waals surface area contributed by atoms with Crippen molar-refractivity contribution in [2.24, 2.45) is 5.92 Å². The summed E-state index contributed by atoms with van der Waals surface area (Å²) in [5.41, 5.74) is 1.31. The normalized spacial score (nSPS) is 19.5. The molecule has 0 aliphatic carbocycles. The van der Waals surface area contributed by atoms with Crippen LogP contribution >= 0.6 is 0 Å². The number of aliphatic hydroxyl groups is 1. The Morgan fingerprint density at radius 2 is 2.18 bits per heavy atom. The van der Waals surface area contributed by atoms with Crippen LogP contribution < -0.4 is 4.74 Å². The van der Waals surface area contributed by atoms with Crippen molar-refractivity contribution in [3.8, 4) is 5.88 Å². The standard InChI is InChI=1S/C25H30FN3O4/c1-5-7-18-10-21-23(27-12-18)33-22(16(2)13-29(25(21)32)17(3)15-30)14-28(4)24(31)19-8-6-9-20(26)11-19/h5-12,16-17,22,30H,13-15H2,1-4H3/t16-,17-,22-/m0/s1. The third-order valence-corrected chi connectivity index (χ3v) is 5.77. The minimum Gasteiger partial charge on any atom is -0.472 e. The number of benzene rings is 1. The van der Waals surface area contributed by atoms with Crippen LogP contribution in [0.3, 0.4) is 0 Å². The average molecular weight is 456 g/mol. The van der Waals surface area contributed by atoms with Crippen molar-refractivity contribution in [2.75, 3.05) is 26.7 Å². The van der Waals surface area contributed by atoms with Gasteiger partial charge in [-0.05, 0) is 43.7 Å². The van der Waals surface area contributed by atoms with Gasteiger partial charge in [-0.3, -0.25) is 9.59 Å². The monoisotopic (exact) mass is 455 g/mol. The van der Waals surface area contributed by atoms with E-state index in [2.05, 4.69) is 4.98 Å². The number of allylic oxidation sites excluding steroid dienone is 1. The summed E-state index contributed by atoms with van der Waals surface area (Å²) in [7, 11) is 1.63. The number of fused-ring (bicyclic) bond motifs is 1. The molecule has 0 fully saturated rings. The molecule has 3 atom stereocenters. The Bertz CT molecular complexity index is 1040. The highest BCUT2D eigenvalue weighted by atomic mass is 19.1. The maximum atomic E-state index is 13.6. The van der Waals surface area contributed by atoms with Gasteiger partial charge in [0.25, 0.3) is 11.8 Å². The molecule has 1 aliphatic rings. The molecule has 0 radical (unpaired) electrons. The van der Waals surface area contributed by atoms with Crippen LogP contribution in [0.15, 0.2) is 42.6 Å². The number of hydrogen-bond donors (Lipinski definition) is 1. The van der Waals surface area contributed by atoms with Crippen molar-refractivity contribution in [1.82, 2.24) is 14.8 Å². The molecule has 0 unspecified atom stereocenters. The Morgan fingerprint density at radius 3 is 2.85 bits per heavy atom. The van der Waals surface area contributed by atoms with E-state index >= 15 is 0 Å². The lowest BCUT2D eigenvalue weighted by Crippen LogP contribution is -2.50. The first kappa shape index (κ1) is 24.4. The molecule has 1 aromatic carbocycles. The van der Waals surface area contributed by atoms with Gasteiger partial charge in [-0.2, -0.15) is 0 Å². The van der Waals surface area contributed by atoms with E-state index in [1.165, 1.54) is 23.1 Å². The van der Waals surface area contributed by atoms with Crippen LogP contribution in [0.4, 0.5) is 4.39 Å². The zero-order valence-electron chi connectivity index (χ0n) is 19.4. The molecule has 8 heteroatoms. The Balaban J connectivity index is 1.93. The van der Waals surface area contributed by atoms with Crippen LogP contribution in [-0.2, 0) is 0 Å². The molecule has 176 valence electrons. The third-order valence-electron chi connectivity index (χ3n) is 5.77. The predicted molar refractivity (Wildman–Crippen MR) is 123 cm³/mol. The first-order valence-corrected chi connectivity index (χ1v) is 11.0. The van der Waals surface area contributed by atoms with Gasteiger partial charge < -0.3 is 19.6 Å². The fourth-order valence-corrected chi connectivity index (χ4v) is 3.81. The zero-order valence-corrected chi connectivity index (χ0v) is 19.4. The SMILES string of the molecule is CC=Cc1cnc2c(c1)C(=O)N([C@@H](C)CO)C[C@H](C)[C@H](CN(C)C(=O)c1cccc(F)c1)O2. The Morgan fingerprint density at radius 1 is 1.42 bits per heavy atom. The van der Waals surface area contributed by atoms with Crippen LogP contribution in [0.2, 0.25) is 0 Å². The van der Waals surface area contributed by atoms with Crippen LogP contribution in [0.1, 0.15) is 47.1 Å². The first-order valence-electron chi connectivity index (χ1n) is 11.0. The fraction of sp³-hybridized carbons (Fsp3) is 0.400. The molecule has 1 aliphatic heterocycles. The topological polar surface area (TPSA) is 83.0 Å². The summed E-state index contributed by atoms with van der Waals surface area (Å²) in [4.78, 5) is 33.6. The third kappa shape index (κ3) is 5.57. The van der Waals surface area contributed by atoms with E-state index in [1.54, 1.807) is 37.2 Å². The van der Waals surface area contributed by atoms with Gasteiger partial charge in [-0.1, -0.05) is 25.1 Å². The summed E-state index contributed by atoms with van der Waals surface area (Å²) >= 11 is 0. The minimum atomic E-state index is -0.480. The molecule has 1 N–H and O–H groups in total. The number of carbonyl (C=O) groups excluding carboxylic acids is 2. The van der Waals surface area contributed by atoms with Crippen molar-refractivity contribution in [1.29, 1.82) is 0 Å². The molecule has 2 heterocycles. The second-order valence-corrected chi connectivity index (χ2v) is 8.44. The Labute approximate surface area is 193 Å². The number of aromatic nitrogens is 1. The summed E-state index contributed by atoms with van der Waals surface area (Å²) in [6.45, 7) is 5.95. The average Bonchev–Trinajstić information content (AvgIpc) is 2.80. The molecule has 2 aromatic rings. The van der Waals surface area contributed by atoms with Gasteiger partial charge in [-0.25, -0.2) is 9.37 Å². The molecule has 0 saturated heterocycles. The molecular weight excluding hydrogens is 425 g/mol. The number of hydrogen-bond acceptors (Lipinski definition) is 5. The highest BCUT2D eigenvalue weighted by Crippen LogP contribution is 2.28. The lowest BCUT2D eigenvalue weighted by molar-refractivity contribution is 0.0313. The predicted octanol–water partition coefficient (Wildman–Crippen LogP) is 3.25. The van der Waals surface area contributed by atoms with Crippen LogP contribution in [0.5, 0.6) is 5.88 Å². The second-order valence-electron chi connectivity index (χ2n) is 8.44. The molecule has 2 amide bonds. The number of pyridine rings is 1. The quantitative estimate of drug-likeness (QED) is 0.723. The van der Waals surface area contributed by atoms with E-state index in [0.717, 1.165) is 5.56 Å². The van der Waals surface area contributed by atoms with Gasteiger partial charge in [0, 0.05) is 31.3 Å². The maximum absolute atomic E-state index is 13.6. The van der Waals surface area contributed by atoms with Gasteiger partial charge in [0.05, 0.1) is 19.2 Å². The van der Waals surface area contributed by atoms with Crippen molar-refractivity contribution in [3.05, 3.63) is 65.1 Å². The number of rotatable bonds is 6. The van der Waals surface area contributed by atoms with E-state index in [0.29, 0.717) is 12.1 Å². The summed E-state index contributed by atoms with van der Waals surface area (Å²) in [5.74, 6) is -1.06. The lowest BCUT2D eigenvalue weighted by Gasteiger charge is -2.37. The highest BCUT2D eigenvalue weighted by molar-refractivity contribution is 5.97. The maximum Gasteiger partial charge on any atom is 0.259 e. The fourth-order valence-electron chi connectivity index (χ4n) is 3.81. The van der Waals surface area contributed by atoms with Crippen molar-refractivity contribution < 1.29 is 23.8 Å². The van der Waals surface area contributed by atoms with E-state index in [-0.39, 0.29) is 42.3 Å². The largest absolute Gasteiger partial charge is 0.472 e. The smallest absolute Gasteiger partial charge is 0.259 e. The number of carbonyl (C=O) groups is 2. The molecule has 0 spiro atoms. The molecule has 1 aromatic heterocycles. The van der Waals surface area contributed by atoms with E-state index in [1.807, 2.05) is 26.0 Å².